The second kappa shape index (κ2) is 4.74. The van der Waals surface area contributed by atoms with E-state index in [1.807, 2.05) is 35.2 Å². The maximum absolute atomic E-state index is 12.3. The van der Waals surface area contributed by atoms with Gasteiger partial charge in [-0.25, -0.2) is 0 Å². The zero-order chi connectivity index (χ0) is 12.4. The summed E-state index contributed by atoms with van der Waals surface area (Å²) in [4.78, 5) is 18.4. The molecule has 1 aromatic carbocycles. The molecule has 2 heterocycles. The van der Waals surface area contributed by atoms with Gasteiger partial charge >= 0.3 is 0 Å². The molecular formula is C14H15N3O. The van der Waals surface area contributed by atoms with Crippen molar-refractivity contribution in [2.45, 2.75) is 0 Å². The molecule has 0 aliphatic carbocycles. The second-order valence-corrected chi connectivity index (χ2v) is 4.46. The number of hydrogen-bond acceptors (Lipinski definition) is 3. The van der Waals surface area contributed by atoms with Crippen LogP contribution in [0.5, 0.6) is 0 Å². The lowest BCUT2D eigenvalue weighted by molar-refractivity contribution is 0.0730. The van der Waals surface area contributed by atoms with Crippen LogP contribution in [0.1, 0.15) is 10.5 Å². The minimum atomic E-state index is 0.0299. The van der Waals surface area contributed by atoms with E-state index in [4.69, 9.17) is 0 Å². The molecule has 0 radical (unpaired) electrons. The average Bonchev–Trinajstić information content (AvgIpc) is 2.47. The molecule has 1 aromatic heterocycles. The molecule has 4 heteroatoms. The normalized spacial score (nSPS) is 15.9. The Hall–Kier alpha value is -1.94. The Balaban J connectivity index is 1.91. The van der Waals surface area contributed by atoms with Crippen LogP contribution in [-0.2, 0) is 0 Å². The lowest BCUT2D eigenvalue weighted by atomic mass is 10.1. The number of hydrogen-bond donors (Lipinski definition) is 1. The largest absolute Gasteiger partial charge is 0.335 e. The highest BCUT2D eigenvalue weighted by Crippen LogP contribution is 2.14. The zero-order valence-corrected chi connectivity index (χ0v) is 10.1. The number of nitrogens with zero attached hydrogens (tertiary/aromatic N) is 2. The van der Waals surface area contributed by atoms with Crippen molar-refractivity contribution in [2.24, 2.45) is 0 Å². The van der Waals surface area contributed by atoms with Crippen LogP contribution in [0.2, 0.25) is 0 Å². The van der Waals surface area contributed by atoms with E-state index < -0.39 is 0 Å². The molecule has 1 fully saturated rings. The minimum Gasteiger partial charge on any atom is -0.335 e. The lowest BCUT2D eigenvalue weighted by Gasteiger charge is -2.27. The first kappa shape index (κ1) is 11.2. The average molecular weight is 241 g/mol. The molecule has 0 unspecified atom stereocenters. The third kappa shape index (κ3) is 2.07. The van der Waals surface area contributed by atoms with Crippen molar-refractivity contribution >= 4 is 16.7 Å². The van der Waals surface area contributed by atoms with E-state index in [1.54, 1.807) is 6.20 Å². The molecule has 0 spiro atoms. The number of carbonyl (C=O) groups excluding carboxylic acids is 1. The monoisotopic (exact) mass is 241 g/mol. The van der Waals surface area contributed by atoms with Crippen LogP contribution >= 0.6 is 0 Å². The van der Waals surface area contributed by atoms with Crippen LogP contribution in [0.15, 0.2) is 36.5 Å². The Morgan fingerprint density at radius 3 is 2.67 bits per heavy atom. The van der Waals surface area contributed by atoms with Gasteiger partial charge in [0.1, 0.15) is 5.69 Å². The second-order valence-electron chi connectivity index (χ2n) is 4.46. The minimum absolute atomic E-state index is 0.0299. The van der Waals surface area contributed by atoms with Crippen LogP contribution in [0, 0.1) is 0 Å². The summed E-state index contributed by atoms with van der Waals surface area (Å²) < 4.78 is 0. The maximum atomic E-state index is 12.3. The highest BCUT2D eigenvalue weighted by Gasteiger charge is 2.18. The van der Waals surface area contributed by atoms with E-state index in [1.165, 1.54) is 0 Å². The van der Waals surface area contributed by atoms with Gasteiger partial charge in [0, 0.05) is 37.8 Å². The molecule has 0 bridgehead atoms. The van der Waals surface area contributed by atoms with E-state index in [9.17, 15) is 4.79 Å². The van der Waals surface area contributed by atoms with Gasteiger partial charge in [-0.1, -0.05) is 24.3 Å². The van der Waals surface area contributed by atoms with E-state index >= 15 is 0 Å². The number of pyridine rings is 1. The summed E-state index contributed by atoms with van der Waals surface area (Å²) in [5, 5.41) is 5.36. The lowest BCUT2D eigenvalue weighted by Crippen LogP contribution is -2.46. The summed E-state index contributed by atoms with van der Waals surface area (Å²) >= 11 is 0. The van der Waals surface area contributed by atoms with Crippen molar-refractivity contribution in [3.05, 3.63) is 42.2 Å². The van der Waals surface area contributed by atoms with Crippen molar-refractivity contribution in [3.63, 3.8) is 0 Å². The van der Waals surface area contributed by atoms with Gasteiger partial charge in [0.25, 0.3) is 5.91 Å². The molecule has 1 aliphatic rings. The Morgan fingerprint density at radius 2 is 1.89 bits per heavy atom. The molecule has 1 amide bonds. The third-order valence-electron chi connectivity index (χ3n) is 3.25. The van der Waals surface area contributed by atoms with Gasteiger partial charge in [0.15, 0.2) is 0 Å². The molecule has 1 N–H and O–H groups in total. The van der Waals surface area contributed by atoms with Crippen molar-refractivity contribution in [1.29, 1.82) is 0 Å². The number of rotatable bonds is 1. The Bertz CT molecular complexity index is 576. The number of piperazine rings is 1. The number of benzene rings is 1. The Labute approximate surface area is 106 Å². The molecule has 18 heavy (non-hydrogen) atoms. The number of aromatic nitrogens is 1. The predicted molar refractivity (Wildman–Crippen MR) is 70.5 cm³/mol. The topological polar surface area (TPSA) is 45.2 Å². The molecular weight excluding hydrogens is 226 g/mol. The molecule has 4 nitrogen and oxygen atoms in total. The first-order valence-corrected chi connectivity index (χ1v) is 6.19. The molecule has 92 valence electrons. The van der Waals surface area contributed by atoms with Gasteiger partial charge in [-0.05, 0) is 11.5 Å². The first-order valence-electron chi connectivity index (χ1n) is 6.19. The summed E-state index contributed by atoms with van der Waals surface area (Å²) in [6.07, 6.45) is 1.77. The van der Waals surface area contributed by atoms with Gasteiger partial charge in [-0.3, -0.25) is 9.78 Å². The molecule has 0 saturated carbocycles. The van der Waals surface area contributed by atoms with Gasteiger partial charge in [-0.2, -0.15) is 0 Å². The number of amides is 1. The quantitative estimate of drug-likeness (QED) is 0.818. The summed E-state index contributed by atoms with van der Waals surface area (Å²) in [6.45, 7) is 3.24. The summed E-state index contributed by atoms with van der Waals surface area (Å²) in [5.41, 5.74) is 0.538. The molecule has 1 aliphatic heterocycles. The molecule has 1 saturated heterocycles. The number of carbonyl (C=O) groups is 1. The Kier molecular flexibility index (Phi) is 2.94. The van der Waals surface area contributed by atoms with E-state index in [0.717, 1.165) is 37.0 Å². The SMILES string of the molecule is O=C(c1cc2ccccc2cn1)N1CCNCC1. The van der Waals surface area contributed by atoms with E-state index in [-0.39, 0.29) is 5.91 Å². The predicted octanol–water partition coefficient (Wildman–Crippen LogP) is 1.28. The fourth-order valence-electron chi connectivity index (χ4n) is 2.23. The fourth-order valence-corrected chi connectivity index (χ4v) is 2.23. The molecule has 2 aromatic rings. The summed E-state index contributed by atoms with van der Waals surface area (Å²) in [7, 11) is 0. The number of nitrogens with one attached hydrogen (secondary N) is 1. The highest BCUT2D eigenvalue weighted by molar-refractivity contribution is 5.96. The van der Waals surface area contributed by atoms with Gasteiger partial charge in [0.2, 0.25) is 0 Å². The van der Waals surface area contributed by atoms with Crippen LogP contribution in [0.3, 0.4) is 0 Å². The van der Waals surface area contributed by atoms with Gasteiger partial charge < -0.3 is 10.2 Å². The van der Waals surface area contributed by atoms with Crippen LogP contribution in [0.25, 0.3) is 10.8 Å². The summed E-state index contributed by atoms with van der Waals surface area (Å²) in [5.74, 6) is 0.0299. The van der Waals surface area contributed by atoms with Gasteiger partial charge in [-0.15, -0.1) is 0 Å². The molecule has 0 atom stereocenters. The first-order chi connectivity index (χ1) is 8.84. The van der Waals surface area contributed by atoms with Crippen molar-refractivity contribution in [1.82, 2.24) is 15.2 Å². The van der Waals surface area contributed by atoms with Gasteiger partial charge in [0.05, 0.1) is 0 Å². The summed E-state index contributed by atoms with van der Waals surface area (Å²) in [6, 6.07) is 9.83. The van der Waals surface area contributed by atoms with Crippen LogP contribution < -0.4 is 5.32 Å². The zero-order valence-electron chi connectivity index (χ0n) is 10.1. The Morgan fingerprint density at radius 1 is 1.17 bits per heavy atom. The third-order valence-corrected chi connectivity index (χ3v) is 3.25. The van der Waals surface area contributed by atoms with E-state index in [2.05, 4.69) is 10.3 Å². The fraction of sp³-hybridized carbons (Fsp3) is 0.286. The maximum Gasteiger partial charge on any atom is 0.272 e. The van der Waals surface area contributed by atoms with Crippen LogP contribution in [0.4, 0.5) is 0 Å². The highest BCUT2D eigenvalue weighted by atomic mass is 16.2. The van der Waals surface area contributed by atoms with Crippen LogP contribution in [-0.4, -0.2) is 42.0 Å². The van der Waals surface area contributed by atoms with Crippen molar-refractivity contribution < 1.29 is 4.79 Å². The number of fused-ring (bicyclic) bond motifs is 1. The smallest absolute Gasteiger partial charge is 0.272 e. The van der Waals surface area contributed by atoms with Crippen molar-refractivity contribution in [3.8, 4) is 0 Å². The standard InChI is InChI=1S/C14H15N3O/c18-14(17-7-5-15-6-8-17)13-9-11-3-1-2-4-12(11)10-16-13/h1-4,9-10,15H,5-8H2. The molecule has 3 rings (SSSR count). The van der Waals surface area contributed by atoms with Crippen molar-refractivity contribution in [2.75, 3.05) is 26.2 Å². The van der Waals surface area contributed by atoms with E-state index in [0.29, 0.717) is 5.69 Å².